The summed E-state index contributed by atoms with van der Waals surface area (Å²) in [6.45, 7) is 1.46. The van der Waals surface area contributed by atoms with Gasteiger partial charge in [0.15, 0.2) is 17.3 Å². The van der Waals surface area contributed by atoms with Crippen molar-refractivity contribution in [3.63, 3.8) is 0 Å². The monoisotopic (exact) mass is 534 g/mol. The molecule has 1 N–H and O–H groups in total. The van der Waals surface area contributed by atoms with Crippen LogP contribution in [-0.4, -0.2) is 37.9 Å². The molecule has 1 fully saturated rings. The first kappa shape index (κ1) is 27.4. The number of methoxy groups -OCH3 is 2. The minimum atomic E-state index is -1.09. The molecule has 1 saturated carbocycles. The number of carbonyl (C=O) groups is 3. The number of benzene rings is 2. The summed E-state index contributed by atoms with van der Waals surface area (Å²) < 4.78 is 11.3. The van der Waals surface area contributed by atoms with Gasteiger partial charge < -0.3 is 14.8 Å². The van der Waals surface area contributed by atoms with Crippen molar-refractivity contribution >= 4 is 34.6 Å². The normalized spacial score (nSPS) is 14.4. The van der Waals surface area contributed by atoms with E-state index in [2.05, 4.69) is 5.32 Å². The number of carbonyl (C=O) groups excluding carboxylic acids is 3. The molecular weight excluding hydrogens is 500 g/mol. The number of ether oxygens (including phenoxy) is 2. The number of rotatable bonds is 10. The highest BCUT2D eigenvalue weighted by Crippen LogP contribution is 2.40. The van der Waals surface area contributed by atoms with E-state index in [9.17, 15) is 14.4 Å². The molecule has 0 bridgehead atoms. The molecule has 38 heavy (non-hydrogen) atoms. The minimum absolute atomic E-state index is 0.0210. The maximum absolute atomic E-state index is 14.2. The third kappa shape index (κ3) is 6.07. The molecule has 2 aromatic carbocycles. The summed E-state index contributed by atoms with van der Waals surface area (Å²) in [6, 6.07) is 14.9. The number of thiophene rings is 1. The van der Waals surface area contributed by atoms with Crippen LogP contribution in [0.25, 0.3) is 0 Å². The van der Waals surface area contributed by atoms with Gasteiger partial charge >= 0.3 is 0 Å². The first-order chi connectivity index (χ1) is 18.4. The highest BCUT2D eigenvalue weighted by atomic mass is 32.1. The van der Waals surface area contributed by atoms with E-state index in [1.807, 2.05) is 17.5 Å². The Bertz CT molecular complexity index is 1270. The Balaban J connectivity index is 1.90. The Hall–Kier alpha value is -3.65. The van der Waals surface area contributed by atoms with E-state index < -0.39 is 6.04 Å². The third-order valence-electron chi connectivity index (χ3n) is 6.90. The van der Waals surface area contributed by atoms with Gasteiger partial charge in [-0.1, -0.05) is 49.6 Å². The summed E-state index contributed by atoms with van der Waals surface area (Å²) in [7, 11) is 3.04. The predicted molar refractivity (Wildman–Crippen MR) is 149 cm³/mol. The number of nitrogens with one attached hydrogen (secondary N) is 1. The van der Waals surface area contributed by atoms with Crippen LogP contribution in [0.1, 0.15) is 65.9 Å². The van der Waals surface area contributed by atoms with E-state index in [-0.39, 0.29) is 30.1 Å². The molecule has 1 aliphatic rings. The van der Waals surface area contributed by atoms with Crippen molar-refractivity contribution in [1.82, 2.24) is 5.32 Å². The van der Waals surface area contributed by atoms with Crippen LogP contribution < -0.4 is 19.7 Å². The molecule has 0 spiro atoms. The number of para-hydroxylation sites is 2. The first-order valence-electron chi connectivity index (χ1n) is 12.9. The summed E-state index contributed by atoms with van der Waals surface area (Å²) in [4.78, 5) is 43.3. The molecule has 0 radical (unpaired) electrons. The third-order valence-corrected chi connectivity index (χ3v) is 7.78. The molecule has 2 amide bonds. The number of hydrogen-bond donors (Lipinski definition) is 1. The van der Waals surface area contributed by atoms with Crippen molar-refractivity contribution in [2.75, 3.05) is 19.1 Å². The van der Waals surface area contributed by atoms with Gasteiger partial charge in [0.2, 0.25) is 11.8 Å². The fourth-order valence-corrected chi connectivity index (χ4v) is 5.79. The largest absolute Gasteiger partial charge is 0.493 e. The zero-order chi connectivity index (χ0) is 27.1. The second-order valence-electron chi connectivity index (χ2n) is 9.42. The van der Waals surface area contributed by atoms with Gasteiger partial charge in [0.1, 0.15) is 6.04 Å². The molecule has 8 heteroatoms. The molecule has 1 atom stereocenters. The Labute approximate surface area is 227 Å². The second kappa shape index (κ2) is 12.7. The van der Waals surface area contributed by atoms with E-state index in [1.165, 1.54) is 37.4 Å². The molecule has 7 nitrogen and oxygen atoms in total. The van der Waals surface area contributed by atoms with Crippen LogP contribution >= 0.6 is 11.3 Å². The predicted octanol–water partition coefficient (Wildman–Crippen LogP) is 5.73. The van der Waals surface area contributed by atoms with Crippen molar-refractivity contribution in [3.05, 3.63) is 76.0 Å². The summed E-state index contributed by atoms with van der Waals surface area (Å²) in [6.07, 6.45) is 5.11. The quantitative estimate of drug-likeness (QED) is 0.336. The molecular formula is C30H34N2O5S. The summed E-state index contributed by atoms with van der Waals surface area (Å²) in [5.41, 5.74) is 1.23. The number of nitrogens with zero attached hydrogens (tertiary/aromatic N) is 1. The van der Waals surface area contributed by atoms with Crippen LogP contribution in [0, 0.1) is 0 Å². The fourth-order valence-electron chi connectivity index (χ4n) is 5.10. The molecule has 3 aromatic rings. The average molecular weight is 535 g/mol. The summed E-state index contributed by atoms with van der Waals surface area (Å²) >= 11 is 1.47. The smallest absolute Gasteiger partial charge is 0.248 e. The SMILES string of the molecule is COc1cccc([C@@H](C(=O)NC2CCCCC2)N(C(=O)Cc2cccs2)c2ccccc2C(C)=O)c1OC. The maximum Gasteiger partial charge on any atom is 0.248 e. The van der Waals surface area contributed by atoms with Crippen molar-refractivity contribution in [2.24, 2.45) is 0 Å². The van der Waals surface area contributed by atoms with Crippen LogP contribution in [-0.2, 0) is 16.0 Å². The summed E-state index contributed by atoms with van der Waals surface area (Å²) in [5.74, 6) is 0.00808. The van der Waals surface area contributed by atoms with Gasteiger partial charge in [-0.2, -0.15) is 0 Å². The molecule has 1 aliphatic carbocycles. The highest BCUT2D eigenvalue weighted by Gasteiger charge is 2.38. The first-order valence-corrected chi connectivity index (χ1v) is 13.8. The number of hydrogen-bond acceptors (Lipinski definition) is 6. The van der Waals surface area contributed by atoms with Crippen molar-refractivity contribution in [1.29, 1.82) is 0 Å². The van der Waals surface area contributed by atoms with Gasteiger partial charge in [0.25, 0.3) is 0 Å². The van der Waals surface area contributed by atoms with E-state index in [4.69, 9.17) is 9.47 Å². The van der Waals surface area contributed by atoms with Gasteiger partial charge in [-0.25, -0.2) is 0 Å². The molecule has 1 heterocycles. The summed E-state index contributed by atoms with van der Waals surface area (Å²) in [5, 5.41) is 5.12. The van der Waals surface area contributed by atoms with Crippen molar-refractivity contribution in [3.8, 4) is 11.5 Å². The number of ketones is 1. The Kier molecular flexibility index (Phi) is 9.18. The van der Waals surface area contributed by atoms with E-state index in [0.717, 1.165) is 37.0 Å². The average Bonchev–Trinajstić information content (AvgIpc) is 3.44. The van der Waals surface area contributed by atoms with Gasteiger partial charge in [0.05, 0.1) is 26.3 Å². The van der Waals surface area contributed by atoms with E-state index >= 15 is 0 Å². The van der Waals surface area contributed by atoms with E-state index in [0.29, 0.717) is 28.3 Å². The van der Waals surface area contributed by atoms with E-state index in [1.54, 1.807) is 42.5 Å². The molecule has 4 rings (SSSR count). The lowest BCUT2D eigenvalue weighted by Crippen LogP contribution is -2.48. The minimum Gasteiger partial charge on any atom is -0.493 e. The fraction of sp³-hybridized carbons (Fsp3) is 0.367. The van der Waals surface area contributed by atoms with Gasteiger partial charge in [-0.05, 0) is 49.4 Å². The van der Waals surface area contributed by atoms with Crippen LogP contribution in [0.2, 0.25) is 0 Å². The van der Waals surface area contributed by atoms with Gasteiger partial charge in [-0.3, -0.25) is 19.3 Å². The van der Waals surface area contributed by atoms with Crippen LogP contribution in [0.4, 0.5) is 5.69 Å². The Morgan fingerprint density at radius 1 is 0.974 bits per heavy atom. The molecule has 200 valence electrons. The number of amides is 2. The lowest BCUT2D eigenvalue weighted by atomic mass is 9.94. The molecule has 0 aliphatic heterocycles. The van der Waals surface area contributed by atoms with Crippen LogP contribution in [0.3, 0.4) is 0 Å². The van der Waals surface area contributed by atoms with Crippen LogP contribution in [0.15, 0.2) is 60.0 Å². The van der Waals surface area contributed by atoms with Crippen LogP contribution in [0.5, 0.6) is 11.5 Å². The lowest BCUT2D eigenvalue weighted by Gasteiger charge is -2.35. The topological polar surface area (TPSA) is 84.9 Å². The second-order valence-corrected chi connectivity index (χ2v) is 10.5. The van der Waals surface area contributed by atoms with Crippen molar-refractivity contribution < 1.29 is 23.9 Å². The highest BCUT2D eigenvalue weighted by molar-refractivity contribution is 7.10. The number of anilines is 1. The zero-order valence-electron chi connectivity index (χ0n) is 22.1. The van der Waals surface area contributed by atoms with Gasteiger partial charge in [-0.15, -0.1) is 11.3 Å². The van der Waals surface area contributed by atoms with Gasteiger partial charge in [0, 0.05) is 22.0 Å². The molecule has 0 unspecified atom stereocenters. The maximum atomic E-state index is 14.2. The van der Waals surface area contributed by atoms with Crippen molar-refractivity contribution in [2.45, 2.75) is 57.5 Å². The number of Topliss-reactive ketones (excluding diaryl/α,β-unsaturated/α-hetero) is 1. The molecule has 1 aromatic heterocycles. The zero-order valence-corrected chi connectivity index (χ0v) is 22.9. The standard InChI is InChI=1S/C30H34N2O5S/c1-20(33)23-14-7-8-16-25(23)32(27(34)19-22-13-10-18-38-22)28(30(35)31-21-11-5-4-6-12-21)24-15-9-17-26(36-2)29(24)37-3/h7-10,13-18,21,28H,4-6,11-12,19H2,1-3H3,(H,31,35)/t28-/m0/s1. The molecule has 0 saturated heterocycles. The lowest BCUT2D eigenvalue weighted by molar-refractivity contribution is -0.127. The Morgan fingerprint density at radius 3 is 2.39 bits per heavy atom. The Morgan fingerprint density at radius 2 is 1.74 bits per heavy atom.